The Kier molecular flexibility index (Phi) is 8.96. The van der Waals surface area contributed by atoms with Gasteiger partial charge in [0.15, 0.2) is 0 Å². The molecule has 0 radical (unpaired) electrons. The minimum Gasteiger partial charge on any atom is -0.369 e. The fourth-order valence-electron chi connectivity index (χ4n) is 5.08. The quantitative estimate of drug-likeness (QED) is 0.457. The van der Waals surface area contributed by atoms with E-state index in [1.165, 1.54) is 16.8 Å². The van der Waals surface area contributed by atoms with E-state index in [-0.39, 0.29) is 12.3 Å². The van der Waals surface area contributed by atoms with E-state index in [0.717, 1.165) is 56.0 Å². The van der Waals surface area contributed by atoms with Gasteiger partial charge in [-0.15, -0.1) is 0 Å². The first-order chi connectivity index (χ1) is 17.9. The first-order valence-electron chi connectivity index (χ1n) is 13.2. The van der Waals surface area contributed by atoms with Crippen molar-refractivity contribution in [3.05, 3.63) is 95.1 Å². The number of carbonyl (C=O) groups is 2. The number of nitrogens with two attached hydrogens (primary N) is 1. The highest BCUT2D eigenvalue weighted by Crippen LogP contribution is 2.24. The third kappa shape index (κ3) is 7.20. The van der Waals surface area contributed by atoms with E-state index in [1.54, 1.807) is 0 Å². The number of para-hydroxylation sites is 1. The second-order valence-electron chi connectivity index (χ2n) is 9.95. The van der Waals surface area contributed by atoms with Crippen molar-refractivity contribution < 1.29 is 9.59 Å². The number of carbonyl (C=O) groups excluding carboxylic acids is 2. The molecule has 0 saturated carbocycles. The summed E-state index contributed by atoms with van der Waals surface area (Å²) < 4.78 is 0. The van der Waals surface area contributed by atoms with Gasteiger partial charge in [-0.25, -0.2) is 0 Å². The number of piperazine rings is 1. The summed E-state index contributed by atoms with van der Waals surface area (Å²) in [5.74, 6) is -0.368. The molecule has 0 spiro atoms. The molecule has 1 heterocycles. The van der Waals surface area contributed by atoms with E-state index in [4.69, 9.17) is 5.73 Å². The van der Waals surface area contributed by atoms with Crippen LogP contribution in [0.2, 0.25) is 0 Å². The van der Waals surface area contributed by atoms with Crippen LogP contribution >= 0.6 is 0 Å². The molecule has 1 saturated heterocycles. The Morgan fingerprint density at radius 2 is 1.57 bits per heavy atom. The van der Waals surface area contributed by atoms with Crippen LogP contribution in [0.25, 0.3) is 0 Å². The second-order valence-corrected chi connectivity index (χ2v) is 9.95. The zero-order valence-electron chi connectivity index (χ0n) is 22.0. The van der Waals surface area contributed by atoms with Gasteiger partial charge in [-0.2, -0.15) is 0 Å². The fourth-order valence-corrected chi connectivity index (χ4v) is 5.08. The first-order valence-corrected chi connectivity index (χ1v) is 13.2. The smallest absolute Gasteiger partial charge is 0.231 e. The predicted molar refractivity (Wildman–Crippen MR) is 151 cm³/mol. The SMILES string of the molecule is Cc1ccc(C)c(N2CCN(CCCN(C(=O)Cc3ccccc3)c3ccccc3CC(N)=O)CC2)c1. The summed E-state index contributed by atoms with van der Waals surface area (Å²) in [6, 6.07) is 24.1. The normalized spacial score (nSPS) is 13.9. The highest BCUT2D eigenvalue weighted by molar-refractivity contribution is 5.96. The lowest BCUT2D eigenvalue weighted by Crippen LogP contribution is -2.47. The maximum Gasteiger partial charge on any atom is 0.231 e. The predicted octanol–water partition coefficient (Wildman–Crippen LogP) is 4.12. The van der Waals surface area contributed by atoms with E-state index < -0.39 is 5.91 Å². The molecule has 37 heavy (non-hydrogen) atoms. The molecular weight excluding hydrogens is 460 g/mol. The van der Waals surface area contributed by atoms with Crippen molar-refractivity contribution in [2.75, 3.05) is 49.1 Å². The molecule has 1 aliphatic rings. The number of nitrogens with zero attached hydrogens (tertiary/aromatic N) is 3. The zero-order chi connectivity index (χ0) is 26.2. The van der Waals surface area contributed by atoms with Crippen molar-refractivity contribution in [2.24, 2.45) is 5.73 Å². The van der Waals surface area contributed by atoms with Gasteiger partial charge in [-0.1, -0.05) is 60.7 Å². The lowest BCUT2D eigenvalue weighted by molar-refractivity contribution is -0.118. The average Bonchev–Trinajstić information content (AvgIpc) is 2.89. The number of primary amides is 1. The van der Waals surface area contributed by atoms with Gasteiger partial charge in [-0.05, 0) is 61.2 Å². The first kappa shape index (κ1) is 26.4. The maximum atomic E-state index is 13.5. The van der Waals surface area contributed by atoms with Crippen LogP contribution in [0.4, 0.5) is 11.4 Å². The van der Waals surface area contributed by atoms with Gasteiger partial charge < -0.3 is 15.5 Å². The molecule has 1 fully saturated rings. The summed E-state index contributed by atoms with van der Waals surface area (Å²) in [7, 11) is 0. The summed E-state index contributed by atoms with van der Waals surface area (Å²) in [6.45, 7) is 9.86. The van der Waals surface area contributed by atoms with Crippen LogP contribution in [0.3, 0.4) is 0 Å². The average molecular weight is 499 g/mol. The molecule has 0 unspecified atom stereocenters. The molecule has 0 bridgehead atoms. The number of benzene rings is 3. The molecule has 4 rings (SSSR count). The van der Waals surface area contributed by atoms with Crippen molar-refractivity contribution in [1.82, 2.24) is 4.90 Å². The Labute approximate surface area is 220 Å². The number of rotatable bonds is 10. The standard InChI is InChI=1S/C31H38N4O2/c1-24-13-14-25(2)29(21-24)34-19-17-33(18-20-34)15-8-16-35(31(37)22-26-9-4-3-5-10-26)28-12-7-6-11-27(28)23-30(32)36/h3-7,9-14,21H,8,15-20,22-23H2,1-2H3,(H2,32,36). The number of aryl methyl sites for hydroxylation is 2. The van der Waals surface area contributed by atoms with Gasteiger partial charge in [0.25, 0.3) is 0 Å². The van der Waals surface area contributed by atoms with Crippen molar-refractivity contribution in [2.45, 2.75) is 33.1 Å². The van der Waals surface area contributed by atoms with Crippen molar-refractivity contribution in [1.29, 1.82) is 0 Å². The van der Waals surface area contributed by atoms with E-state index in [2.05, 4.69) is 41.8 Å². The summed E-state index contributed by atoms with van der Waals surface area (Å²) in [5.41, 5.74) is 12.0. The van der Waals surface area contributed by atoms with E-state index in [9.17, 15) is 9.59 Å². The summed E-state index contributed by atoms with van der Waals surface area (Å²) in [6.07, 6.45) is 1.29. The number of hydrogen-bond acceptors (Lipinski definition) is 4. The second kappa shape index (κ2) is 12.5. The van der Waals surface area contributed by atoms with E-state index in [1.807, 2.05) is 59.5 Å². The van der Waals surface area contributed by atoms with Crippen LogP contribution in [-0.2, 0) is 22.4 Å². The van der Waals surface area contributed by atoms with E-state index >= 15 is 0 Å². The Balaban J connectivity index is 1.40. The lowest BCUT2D eigenvalue weighted by atomic mass is 10.1. The van der Waals surface area contributed by atoms with Crippen LogP contribution in [0.15, 0.2) is 72.8 Å². The summed E-state index contributed by atoms with van der Waals surface area (Å²) >= 11 is 0. The topological polar surface area (TPSA) is 69.9 Å². The summed E-state index contributed by atoms with van der Waals surface area (Å²) in [5, 5.41) is 0. The van der Waals surface area contributed by atoms with Gasteiger partial charge in [0, 0.05) is 44.1 Å². The third-order valence-corrected chi connectivity index (χ3v) is 7.08. The molecule has 3 aromatic carbocycles. The van der Waals surface area contributed by atoms with Crippen molar-refractivity contribution in [3.63, 3.8) is 0 Å². The Morgan fingerprint density at radius 1 is 0.865 bits per heavy atom. The third-order valence-electron chi connectivity index (χ3n) is 7.08. The van der Waals surface area contributed by atoms with Crippen LogP contribution in [0, 0.1) is 13.8 Å². The van der Waals surface area contributed by atoms with Crippen LogP contribution in [0.5, 0.6) is 0 Å². The molecule has 194 valence electrons. The molecule has 6 heteroatoms. The summed E-state index contributed by atoms with van der Waals surface area (Å²) in [4.78, 5) is 32.0. The molecule has 2 amide bonds. The fraction of sp³-hybridized carbons (Fsp3) is 0.355. The number of anilines is 2. The Hall–Kier alpha value is -3.64. The molecule has 2 N–H and O–H groups in total. The van der Waals surface area contributed by atoms with Gasteiger partial charge in [0.2, 0.25) is 11.8 Å². The molecule has 6 nitrogen and oxygen atoms in total. The zero-order valence-corrected chi connectivity index (χ0v) is 22.0. The molecule has 0 atom stereocenters. The monoisotopic (exact) mass is 498 g/mol. The molecular formula is C31H38N4O2. The molecule has 3 aromatic rings. The highest BCUT2D eigenvalue weighted by atomic mass is 16.2. The van der Waals surface area contributed by atoms with Crippen molar-refractivity contribution in [3.8, 4) is 0 Å². The van der Waals surface area contributed by atoms with Crippen molar-refractivity contribution >= 4 is 23.2 Å². The van der Waals surface area contributed by atoms with Gasteiger partial charge >= 0.3 is 0 Å². The minimum atomic E-state index is -0.398. The van der Waals surface area contributed by atoms with Gasteiger partial charge in [-0.3, -0.25) is 14.5 Å². The molecule has 0 aliphatic carbocycles. The van der Waals surface area contributed by atoms with Gasteiger partial charge in [0.1, 0.15) is 0 Å². The Morgan fingerprint density at radius 3 is 2.30 bits per heavy atom. The van der Waals surface area contributed by atoms with E-state index in [0.29, 0.717) is 13.0 Å². The number of amides is 2. The van der Waals surface area contributed by atoms with Crippen LogP contribution in [0.1, 0.15) is 28.7 Å². The maximum absolute atomic E-state index is 13.5. The largest absolute Gasteiger partial charge is 0.369 e. The van der Waals surface area contributed by atoms with Gasteiger partial charge in [0.05, 0.1) is 12.8 Å². The van der Waals surface area contributed by atoms with Crippen LogP contribution in [-0.4, -0.2) is 56.0 Å². The minimum absolute atomic E-state index is 0.0304. The number of hydrogen-bond donors (Lipinski definition) is 1. The molecule has 1 aliphatic heterocycles. The van der Waals surface area contributed by atoms with Crippen LogP contribution < -0.4 is 15.5 Å². The molecule has 0 aromatic heterocycles. The lowest BCUT2D eigenvalue weighted by Gasteiger charge is -2.37. The Bertz CT molecular complexity index is 1200. The highest BCUT2D eigenvalue weighted by Gasteiger charge is 2.22.